The highest BCUT2D eigenvalue weighted by Gasteiger charge is 2.32. The van der Waals surface area contributed by atoms with Gasteiger partial charge in [-0.25, -0.2) is 4.79 Å². The van der Waals surface area contributed by atoms with E-state index in [0.717, 1.165) is 12.8 Å². The van der Waals surface area contributed by atoms with Crippen molar-refractivity contribution < 1.29 is 14.7 Å². The molecule has 1 fully saturated rings. The molecule has 3 unspecified atom stereocenters. The van der Waals surface area contributed by atoms with Crippen LogP contribution in [0.1, 0.15) is 47.0 Å². The van der Waals surface area contributed by atoms with Crippen molar-refractivity contribution in [2.75, 3.05) is 0 Å². The number of aliphatic carboxylic acids is 1. The minimum atomic E-state index is -0.914. The SMILES string of the molecule is CC1CCC(NC(=O)NC(C)(C)CC(=O)O)C1C. The van der Waals surface area contributed by atoms with Crippen molar-refractivity contribution in [2.24, 2.45) is 11.8 Å². The molecule has 0 heterocycles. The molecule has 0 aliphatic heterocycles. The fourth-order valence-corrected chi connectivity index (χ4v) is 2.50. The van der Waals surface area contributed by atoms with Crippen molar-refractivity contribution in [1.82, 2.24) is 10.6 Å². The fraction of sp³-hybridized carbons (Fsp3) is 0.846. The molecule has 18 heavy (non-hydrogen) atoms. The molecular formula is C13H24N2O3. The Balaban J connectivity index is 2.44. The van der Waals surface area contributed by atoms with Crippen LogP contribution in [0.15, 0.2) is 0 Å². The maximum atomic E-state index is 11.8. The highest BCUT2D eigenvalue weighted by Crippen LogP contribution is 2.30. The van der Waals surface area contributed by atoms with Crippen molar-refractivity contribution in [3.8, 4) is 0 Å². The van der Waals surface area contributed by atoms with Gasteiger partial charge in [0.25, 0.3) is 0 Å². The first kappa shape index (κ1) is 14.8. The summed E-state index contributed by atoms with van der Waals surface area (Å²) in [7, 11) is 0. The van der Waals surface area contributed by atoms with Crippen LogP contribution < -0.4 is 10.6 Å². The number of carbonyl (C=O) groups is 2. The van der Waals surface area contributed by atoms with Gasteiger partial charge in [0.15, 0.2) is 0 Å². The van der Waals surface area contributed by atoms with E-state index in [9.17, 15) is 9.59 Å². The lowest BCUT2D eigenvalue weighted by molar-refractivity contribution is -0.138. The molecule has 3 N–H and O–H groups in total. The molecule has 0 spiro atoms. The van der Waals surface area contributed by atoms with Crippen LogP contribution in [-0.4, -0.2) is 28.7 Å². The average Bonchev–Trinajstić information content (AvgIpc) is 2.46. The molecule has 3 atom stereocenters. The predicted molar refractivity (Wildman–Crippen MR) is 69.3 cm³/mol. The van der Waals surface area contributed by atoms with Crippen molar-refractivity contribution in [1.29, 1.82) is 0 Å². The number of carboxylic acid groups (broad SMARTS) is 1. The molecule has 0 saturated heterocycles. The summed E-state index contributed by atoms with van der Waals surface area (Å²) in [5, 5.41) is 14.4. The number of amides is 2. The molecule has 5 heteroatoms. The third-order valence-corrected chi connectivity index (χ3v) is 3.83. The maximum Gasteiger partial charge on any atom is 0.315 e. The van der Waals surface area contributed by atoms with Crippen LogP contribution in [0.5, 0.6) is 0 Å². The van der Waals surface area contributed by atoms with Gasteiger partial charge in [0.05, 0.1) is 6.42 Å². The van der Waals surface area contributed by atoms with Crippen molar-refractivity contribution in [2.45, 2.75) is 58.5 Å². The monoisotopic (exact) mass is 256 g/mol. The molecule has 0 aromatic heterocycles. The first-order valence-electron chi connectivity index (χ1n) is 6.52. The summed E-state index contributed by atoms with van der Waals surface area (Å²) >= 11 is 0. The van der Waals surface area contributed by atoms with Gasteiger partial charge in [0.2, 0.25) is 0 Å². The lowest BCUT2D eigenvalue weighted by Gasteiger charge is -2.27. The zero-order valence-electron chi connectivity index (χ0n) is 11.6. The van der Waals surface area contributed by atoms with E-state index in [4.69, 9.17) is 5.11 Å². The Morgan fingerprint density at radius 3 is 2.33 bits per heavy atom. The number of carbonyl (C=O) groups excluding carboxylic acids is 1. The van der Waals surface area contributed by atoms with Crippen LogP contribution >= 0.6 is 0 Å². The number of nitrogens with one attached hydrogen (secondary N) is 2. The van der Waals surface area contributed by atoms with Gasteiger partial charge in [-0.3, -0.25) is 4.79 Å². The van der Waals surface area contributed by atoms with Crippen molar-refractivity contribution in [3.63, 3.8) is 0 Å². The summed E-state index contributed by atoms with van der Waals surface area (Å²) in [5.41, 5.74) is -0.733. The van der Waals surface area contributed by atoms with Crippen molar-refractivity contribution in [3.05, 3.63) is 0 Å². The van der Waals surface area contributed by atoms with Gasteiger partial charge < -0.3 is 15.7 Å². The first-order chi connectivity index (χ1) is 8.21. The van der Waals surface area contributed by atoms with E-state index in [2.05, 4.69) is 24.5 Å². The Kier molecular flexibility index (Phi) is 4.59. The average molecular weight is 256 g/mol. The number of urea groups is 1. The quantitative estimate of drug-likeness (QED) is 0.719. The Labute approximate surface area is 108 Å². The Morgan fingerprint density at radius 1 is 1.28 bits per heavy atom. The van der Waals surface area contributed by atoms with E-state index in [1.807, 2.05) is 0 Å². The predicted octanol–water partition coefficient (Wildman–Crippen LogP) is 1.97. The number of rotatable bonds is 4. The van der Waals surface area contributed by atoms with E-state index >= 15 is 0 Å². The molecule has 104 valence electrons. The van der Waals surface area contributed by atoms with Gasteiger partial charge in [0.1, 0.15) is 0 Å². The largest absolute Gasteiger partial charge is 0.481 e. The summed E-state index contributed by atoms with van der Waals surface area (Å²) in [6.07, 6.45) is 2.04. The van der Waals surface area contributed by atoms with E-state index in [1.54, 1.807) is 13.8 Å². The highest BCUT2D eigenvalue weighted by atomic mass is 16.4. The standard InChI is InChI=1S/C13H24N2O3/c1-8-5-6-10(9(8)2)14-12(18)15-13(3,4)7-11(16)17/h8-10H,5-7H2,1-4H3,(H,16,17)(H2,14,15,18). The molecule has 5 nitrogen and oxygen atoms in total. The van der Waals surface area contributed by atoms with E-state index < -0.39 is 11.5 Å². The van der Waals surface area contributed by atoms with Gasteiger partial charge >= 0.3 is 12.0 Å². The zero-order chi connectivity index (χ0) is 13.9. The van der Waals surface area contributed by atoms with Crippen LogP contribution in [0, 0.1) is 11.8 Å². The molecule has 1 aliphatic rings. The second kappa shape index (κ2) is 5.59. The van der Waals surface area contributed by atoms with Gasteiger partial charge in [-0.05, 0) is 38.5 Å². The maximum absolute atomic E-state index is 11.8. The molecule has 1 saturated carbocycles. The normalized spacial score (nSPS) is 27.9. The molecule has 1 rings (SSSR count). The first-order valence-corrected chi connectivity index (χ1v) is 6.52. The topological polar surface area (TPSA) is 78.4 Å². The molecular weight excluding hydrogens is 232 g/mol. The smallest absolute Gasteiger partial charge is 0.315 e. The summed E-state index contributed by atoms with van der Waals surface area (Å²) in [4.78, 5) is 22.5. The molecule has 1 aliphatic carbocycles. The third-order valence-electron chi connectivity index (χ3n) is 3.83. The summed E-state index contributed by atoms with van der Waals surface area (Å²) in [6, 6.07) is -0.0761. The Morgan fingerprint density at radius 2 is 1.89 bits per heavy atom. The fourth-order valence-electron chi connectivity index (χ4n) is 2.50. The molecule has 0 radical (unpaired) electrons. The molecule has 0 bridgehead atoms. The number of hydrogen-bond donors (Lipinski definition) is 3. The second-order valence-corrected chi connectivity index (χ2v) is 6.07. The number of hydrogen-bond acceptors (Lipinski definition) is 2. The van der Waals surface area contributed by atoms with Gasteiger partial charge in [-0.2, -0.15) is 0 Å². The highest BCUT2D eigenvalue weighted by molar-refractivity contribution is 5.76. The van der Waals surface area contributed by atoms with E-state index in [0.29, 0.717) is 11.8 Å². The lowest BCUT2D eigenvalue weighted by Crippen LogP contribution is -2.52. The minimum absolute atomic E-state index is 0.0863. The Bertz CT molecular complexity index is 328. The van der Waals surface area contributed by atoms with Crippen LogP contribution in [0.3, 0.4) is 0 Å². The lowest BCUT2D eigenvalue weighted by atomic mass is 9.98. The minimum Gasteiger partial charge on any atom is -0.481 e. The van der Waals surface area contributed by atoms with Crippen LogP contribution in [0.2, 0.25) is 0 Å². The summed E-state index contributed by atoms with van der Waals surface area (Å²) < 4.78 is 0. The zero-order valence-corrected chi connectivity index (χ0v) is 11.6. The van der Waals surface area contributed by atoms with Crippen LogP contribution in [0.25, 0.3) is 0 Å². The van der Waals surface area contributed by atoms with Gasteiger partial charge in [-0.1, -0.05) is 13.8 Å². The van der Waals surface area contributed by atoms with Crippen LogP contribution in [-0.2, 0) is 4.79 Å². The summed E-state index contributed by atoms with van der Waals surface area (Å²) in [6.45, 7) is 7.76. The molecule has 2 amide bonds. The van der Waals surface area contributed by atoms with Crippen LogP contribution in [0.4, 0.5) is 4.79 Å². The van der Waals surface area contributed by atoms with E-state index in [1.165, 1.54) is 0 Å². The van der Waals surface area contributed by atoms with E-state index in [-0.39, 0.29) is 18.5 Å². The summed E-state index contributed by atoms with van der Waals surface area (Å²) in [5.74, 6) is 0.184. The third kappa shape index (κ3) is 4.20. The van der Waals surface area contributed by atoms with Crippen molar-refractivity contribution >= 4 is 12.0 Å². The second-order valence-electron chi connectivity index (χ2n) is 6.07. The molecule has 0 aromatic rings. The molecule has 0 aromatic carbocycles. The Hall–Kier alpha value is -1.26. The van der Waals surface area contributed by atoms with Gasteiger partial charge in [-0.15, -0.1) is 0 Å². The number of carboxylic acids is 1. The van der Waals surface area contributed by atoms with Gasteiger partial charge in [0, 0.05) is 11.6 Å².